The number of fused-ring (bicyclic) bond motifs is 6. The van der Waals surface area contributed by atoms with Gasteiger partial charge in [-0.25, -0.2) is 0 Å². The van der Waals surface area contributed by atoms with E-state index in [-0.39, 0.29) is 38.5 Å². The summed E-state index contributed by atoms with van der Waals surface area (Å²) < 4.78 is 6.06. The smallest absolute Gasteiger partial charge is 0.306 e. The molecule has 1 spiro atoms. The van der Waals surface area contributed by atoms with Gasteiger partial charge in [-0.2, -0.15) is 0 Å². The lowest BCUT2D eigenvalue weighted by Gasteiger charge is -2.61. The summed E-state index contributed by atoms with van der Waals surface area (Å²) in [5, 5.41) is 0.409. The van der Waals surface area contributed by atoms with Crippen molar-refractivity contribution in [2.24, 2.45) is 28.6 Å². The molecule has 0 unspecified atom stereocenters. The maximum atomic E-state index is 12.2. The van der Waals surface area contributed by atoms with Crippen molar-refractivity contribution in [3.8, 4) is 0 Å². The Balaban J connectivity index is 1.56. The topological polar surface area (TPSA) is 60.4 Å². The number of hydrogen-bond donors (Lipinski definition) is 0. The van der Waals surface area contributed by atoms with E-state index < -0.39 is 0 Å². The standard InChI is InChI=1S/C24H32O4S/c1-14(25)29-19-13-15-12-16(26)4-8-22(15,2)17-5-9-23(3)18(21(17)19)6-10-24(23)11-7-20(27)28-24/h12,17-19,21H,4-11,13H2,1-3H3/t17-,18-,19-,21+,22-,23-,24-/m0/s1. The highest BCUT2D eigenvalue weighted by Crippen LogP contribution is 2.70. The molecule has 7 atom stereocenters. The number of esters is 1. The molecule has 0 bridgehead atoms. The minimum atomic E-state index is -0.287. The average Bonchev–Trinajstić information content (AvgIpc) is 3.17. The highest BCUT2D eigenvalue weighted by molar-refractivity contribution is 8.14. The second kappa shape index (κ2) is 6.45. The van der Waals surface area contributed by atoms with Crippen LogP contribution in [-0.2, 0) is 19.1 Å². The van der Waals surface area contributed by atoms with Gasteiger partial charge in [-0.05, 0) is 74.2 Å². The van der Waals surface area contributed by atoms with E-state index in [0.717, 1.165) is 44.9 Å². The van der Waals surface area contributed by atoms with Gasteiger partial charge in [-0.3, -0.25) is 14.4 Å². The molecule has 0 radical (unpaired) electrons. The summed E-state index contributed by atoms with van der Waals surface area (Å²) in [5.74, 6) is 1.67. The van der Waals surface area contributed by atoms with E-state index in [1.807, 2.05) is 6.08 Å². The molecule has 0 aromatic heterocycles. The van der Waals surface area contributed by atoms with Crippen molar-refractivity contribution in [3.63, 3.8) is 0 Å². The first-order valence-electron chi connectivity index (χ1n) is 11.3. The van der Waals surface area contributed by atoms with E-state index in [1.165, 1.54) is 17.3 Å². The number of thioether (sulfide) groups is 1. The van der Waals surface area contributed by atoms with Crippen molar-refractivity contribution in [1.29, 1.82) is 0 Å². The maximum Gasteiger partial charge on any atom is 0.306 e. The van der Waals surface area contributed by atoms with Gasteiger partial charge in [0.05, 0.1) is 0 Å². The SMILES string of the molecule is CC(=O)S[C@H]1CC2=CC(=O)CC[C@]2(C)[C@H]2CC[C@@]3(C)[C@@H](CC[C@]34CCC(=O)O4)[C@H]12. The first-order valence-corrected chi connectivity index (χ1v) is 12.2. The molecule has 0 aromatic rings. The monoisotopic (exact) mass is 416 g/mol. The van der Waals surface area contributed by atoms with Crippen LogP contribution in [0.5, 0.6) is 0 Å². The first kappa shape index (κ1) is 19.8. The van der Waals surface area contributed by atoms with E-state index in [1.54, 1.807) is 6.92 Å². The molecule has 1 aliphatic heterocycles. The first-order chi connectivity index (χ1) is 13.7. The molecule has 3 saturated carbocycles. The average molecular weight is 417 g/mol. The molecule has 0 amide bonds. The third-order valence-corrected chi connectivity index (χ3v) is 10.7. The normalized spacial score (nSPS) is 48.6. The molecule has 4 nitrogen and oxygen atoms in total. The molecule has 5 heteroatoms. The lowest BCUT2D eigenvalue weighted by Crippen LogP contribution is -2.57. The van der Waals surface area contributed by atoms with Gasteiger partial charge in [-0.15, -0.1) is 0 Å². The van der Waals surface area contributed by atoms with Crippen LogP contribution in [0.4, 0.5) is 0 Å². The third-order valence-electron chi connectivity index (χ3n) is 9.61. The predicted molar refractivity (Wildman–Crippen MR) is 112 cm³/mol. The van der Waals surface area contributed by atoms with Crippen molar-refractivity contribution in [3.05, 3.63) is 11.6 Å². The molecule has 1 heterocycles. The van der Waals surface area contributed by atoms with Crippen LogP contribution in [0.25, 0.3) is 0 Å². The van der Waals surface area contributed by atoms with Crippen LogP contribution in [-0.4, -0.2) is 27.7 Å². The van der Waals surface area contributed by atoms with Gasteiger partial charge in [0.15, 0.2) is 10.9 Å². The van der Waals surface area contributed by atoms with E-state index in [9.17, 15) is 14.4 Å². The van der Waals surface area contributed by atoms with Crippen LogP contribution in [0.2, 0.25) is 0 Å². The van der Waals surface area contributed by atoms with E-state index in [2.05, 4.69) is 13.8 Å². The molecular weight excluding hydrogens is 384 g/mol. The van der Waals surface area contributed by atoms with Crippen LogP contribution >= 0.6 is 11.8 Å². The Hall–Kier alpha value is -1.10. The van der Waals surface area contributed by atoms with Crippen LogP contribution in [0.3, 0.4) is 0 Å². The van der Waals surface area contributed by atoms with E-state index in [0.29, 0.717) is 30.6 Å². The minimum Gasteiger partial charge on any atom is -0.458 e. The zero-order valence-corrected chi connectivity index (χ0v) is 18.6. The Bertz CT molecular complexity index is 818. The second-order valence-electron chi connectivity index (χ2n) is 10.7. The molecule has 4 aliphatic carbocycles. The predicted octanol–water partition coefficient (Wildman–Crippen LogP) is 4.85. The minimum absolute atomic E-state index is 0.0119. The summed E-state index contributed by atoms with van der Waals surface area (Å²) in [7, 11) is 0. The highest BCUT2D eigenvalue weighted by atomic mass is 32.2. The second-order valence-corrected chi connectivity index (χ2v) is 12.1. The Morgan fingerprint density at radius 1 is 1.07 bits per heavy atom. The number of ketones is 1. The quantitative estimate of drug-likeness (QED) is 0.572. The van der Waals surface area contributed by atoms with Crippen LogP contribution in [0, 0.1) is 28.6 Å². The van der Waals surface area contributed by atoms with Crippen molar-refractivity contribution >= 4 is 28.6 Å². The molecule has 5 rings (SSSR count). The van der Waals surface area contributed by atoms with Crippen molar-refractivity contribution in [2.75, 3.05) is 0 Å². The summed E-state index contributed by atoms with van der Waals surface area (Å²) in [4.78, 5) is 36.4. The van der Waals surface area contributed by atoms with Crippen LogP contribution in [0.1, 0.15) is 78.6 Å². The molecule has 0 N–H and O–H groups in total. The Morgan fingerprint density at radius 3 is 2.52 bits per heavy atom. The zero-order chi connectivity index (χ0) is 20.6. The van der Waals surface area contributed by atoms with Gasteiger partial charge in [-0.1, -0.05) is 31.2 Å². The lowest BCUT2D eigenvalue weighted by atomic mass is 9.46. The number of carbonyl (C=O) groups excluding carboxylic acids is 3. The zero-order valence-electron chi connectivity index (χ0n) is 17.8. The molecule has 0 aromatic carbocycles. The Morgan fingerprint density at radius 2 is 1.83 bits per heavy atom. The van der Waals surface area contributed by atoms with Crippen LogP contribution < -0.4 is 0 Å². The number of rotatable bonds is 1. The maximum absolute atomic E-state index is 12.2. The molecule has 1 saturated heterocycles. The largest absolute Gasteiger partial charge is 0.458 e. The van der Waals surface area contributed by atoms with Gasteiger partial charge in [0.2, 0.25) is 0 Å². The highest BCUT2D eigenvalue weighted by Gasteiger charge is 2.68. The fourth-order valence-electron chi connectivity index (χ4n) is 8.13. The molecule has 5 aliphatic rings. The third kappa shape index (κ3) is 2.68. The van der Waals surface area contributed by atoms with E-state index in [4.69, 9.17) is 4.74 Å². The summed E-state index contributed by atoms with van der Waals surface area (Å²) in [6, 6.07) is 0. The molecular formula is C24H32O4S. The van der Waals surface area contributed by atoms with Gasteiger partial charge >= 0.3 is 5.97 Å². The van der Waals surface area contributed by atoms with Gasteiger partial charge < -0.3 is 4.74 Å². The number of carbonyl (C=O) groups is 3. The Labute approximate surface area is 177 Å². The fourth-order valence-corrected chi connectivity index (χ4v) is 9.36. The number of ether oxygens (including phenoxy) is 1. The van der Waals surface area contributed by atoms with Crippen molar-refractivity contribution < 1.29 is 19.1 Å². The van der Waals surface area contributed by atoms with Crippen molar-refractivity contribution in [1.82, 2.24) is 0 Å². The van der Waals surface area contributed by atoms with Crippen molar-refractivity contribution in [2.45, 2.75) is 89.4 Å². The van der Waals surface area contributed by atoms with Gasteiger partial charge in [0, 0.05) is 30.4 Å². The van der Waals surface area contributed by atoms with Crippen LogP contribution in [0.15, 0.2) is 11.6 Å². The van der Waals surface area contributed by atoms with E-state index >= 15 is 0 Å². The van der Waals surface area contributed by atoms with Gasteiger partial charge in [0.25, 0.3) is 0 Å². The lowest BCUT2D eigenvalue weighted by molar-refractivity contribution is -0.167. The molecule has 4 fully saturated rings. The summed E-state index contributed by atoms with van der Waals surface area (Å²) in [5.41, 5.74) is 1.09. The van der Waals surface area contributed by atoms with Gasteiger partial charge in [0.1, 0.15) is 5.60 Å². The molecule has 29 heavy (non-hydrogen) atoms. The number of allylic oxidation sites excluding steroid dienone is 1. The number of hydrogen-bond acceptors (Lipinski definition) is 5. The fraction of sp³-hybridized carbons (Fsp3) is 0.792. The summed E-state index contributed by atoms with van der Waals surface area (Å²) in [6.07, 6.45) is 10.0. The Kier molecular flexibility index (Phi) is 4.41. The summed E-state index contributed by atoms with van der Waals surface area (Å²) in [6.45, 7) is 6.42. The summed E-state index contributed by atoms with van der Waals surface area (Å²) >= 11 is 1.50. The molecule has 158 valence electrons.